The molecule has 0 saturated carbocycles. The van der Waals surface area contributed by atoms with Gasteiger partial charge in [0.25, 0.3) is 0 Å². The van der Waals surface area contributed by atoms with Crippen LogP contribution >= 0.6 is 0 Å². The Kier molecular flexibility index (Phi) is 4.36. The lowest BCUT2D eigenvalue weighted by Crippen LogP contribution is -2.38. The van der Waals surface area contributed by atoms with Gasteiger partial charge in [-0.25, -0.2) is 0 Å². The fourth-order valence-electron chi connectivity index (χ4n) is 3.38. The van der Waals surface area contributed by atoms with Gasteiger partial charge in [-0.05, 0) is 43.8 Å². The van der Waals surface area contributed by atoms with E-state index in [1.165, 1.54) is 31.5 Å². The van der Waals surface area contributed by atoms with Gasteiger partial charge in [-0.15, -0.1) is 0 Å². The molecule has 1 amide bonds. The highest BCUT2D eigenvalue weighted by molar-refractivity contribution is 5.78. The van der Waals surface area contributed by atoms with E-state index in [1.54, 1.807) is 0 Å². The lowest BCUT2D eigenvalue weighted by atomic mass is 9.96. The van der Waals surface area contributed by atoms with Crippen molar-refractivity contribution in [3.8, 4) is 0 Å². The Balaban J connectivity index is 1.44. The Bertz CT molecular complexity index is 438. The van der Waals surface area contributed by atoms with Crippen molar-refractivity contribution in [2.75, 3.05) is 26.2 Å². The second-order valence-corrected chi connectivity index (χ2v) is 6.15. The van der Waals surface area contributed by atoms with Crippen LogP contribution in [0.25, 0.3) is 0 Å². The molecular weight excluding hydrogens is 248 g/mol. The van der Waals surface area contributed by atoms with Gasteiger partial charge in [0.1, 0.15) is 0 Å². The van der Waals surface area contributed by atoms with Crippen molar-refractivity contribution in [1.29, 1.82) is 0 Å². The number of hydrogen-bond acceptors (Lipinski definition) is 2. The monoisotopic (exact) mass is 272 g/mol. The molecule has 3 heteroatoms. The zero-order valence-corrected chi connectivity index (χ0v) is 12.1. The molecule has 2 saturated heterocycles. The first-order valence-electron chi connectivity index (χ1n) is 7.85. The van der Waals surface area contributed by atoms with E-state index in [9.17, 15) is 4.79 Å². The van der Waals surface area contributed by atoms with Crippen molar-refractivity contribution in [3.63, 3.8) is 0 Å². The number of benzene rings is 1. The van der Waals surface area contributed by atoms with E-state index >= 15 is 0 Å². The number of piperidine rings is 1. The average molecular weight is 272 g/mol. The predicted octanol–water partition coefficient (Wildman–Crippen LogP) is 2.52. The molecule has 0 aliphatic carbocycles. The Morgan fingerprint density at radius 1 is 1.05 bits per heavy atom. The Morgan fingerprint density at radius 3 is 2.45 bits per heavy atom. The molecule has 2 aliphatic heterocycles. The van der Waals surface area contributed by atoms with Crippen LogP contribution in [0.15, 0.2) is 30.3 Å². The van der Waals surface area contributed by atoms with Gasteiger partial charge < -0.3 is 4.90 Å². The fourth-order valence-corrected chi connectivity index (χ4v) is 3.38. The quantitative estimate of drug-likeness (QED) is 0.841. The van der Waals surface area contributed by atoms with Gasteiger partial charge in [0.15, 0.2) is 0 Å². The van der Waals surface area contributed by atoms with Crippen LogP contribution in [-0.4, -0.2) is 41.9 Å². The maximum absolute atomic E-state index is 11.7. The van der Waals surface area contributed by atoms with E-state index < -0.39 is 0 Å². The molecule has 0 atom stereocenters. The van der Waals surface area contributed by atoms with Crippen molar-refractivity contribution in [3.05, 3.63) is 35.9 Å². The molecule has 3 nitrogen and oxygen atoms in total. The van der Waals surface area contributed by atoms with E-state index in [0.29, 0.717) is 11.8 Å². The minimum absolute atomic E-state index is 0.372. The lowest BCUT2D eigenvalue weighted by Gasteiger charge is -2.33. The zero-order chi connectivity index (χ0) is 13.8. The number of likely N-dealkylation sites (tertiary alicyclic amines) is 2. The lowest BCUT2D eigenvalue weighted by molar-refractivity contribution is -0.128. The third-order valence-electron chi connectivity index (χ3n) is 4.61. The third-order valence-corrected chi connectivity index (χ3v) is 4.61. The van der Waals surface area contributed by atoms with Crippen molar-refractivity contribution in [1.82, 2.24) is 9.80 Å². The van der Waals surface area contributed by atoms with E-state index in [0.717, 1.165) is 32.5 Å². The highest BCUT2D eigenvalue weighted by Crippen LogP contribution is 2.22. The molecule has 0 bridgehead atoms. The van der Waals surface area contributed by atoms with Crippen LogP contribution < -0.4 is 0 Å². The van der Waals surface area contributed by atoms with Gasteiger partial charge in [0, 0.05) is 26.1 Å². The van der Waals surface area contributed by atoms with Gasteiger partial charge in [-0.2, -0.15) is 0 Å². The fraction of sp³-hybridized carbons (Fsp3) is 0.588. The molecule has 0 spiro atoms. The van der Waals surface area contributed by atoms with E-state index in [2.05, 4.69) is 40.1 Å². The van der Waals surface area contributed by atoms with Crippen LogP contribution in [0.1, 0.15) is 31.2 Å². The molecule has 2 fully saturated rings. The number of amides is 1. The Hall–Kier alpha value is -1.35. The molecule has 1 aromatic rings. The van der Waals surface area contributed by atoms with Crippen molar-refractivity contribution < 1.29 is 4.79 Å². The maximum atomic E-state index is 11.7. The number of hydrogen-bond donors (Lipinski definition) is 0. The molecule has 1 aromatic carbocycles. The molecule has 2 heterocycles. The van der Waals surface area contributed by atoms with Crippen molar-refractivity contribution in [2.24, 2.45) is 5.92 Å². The molecule has 0 radical (unpaired) electrons. The van der Waals surface area contributed by atoms with Gasteiger partial charge in [0.2, 0.25) is 5.91 Å². The summed E-state index contributed by atoms with van der Waals surface area (Å²) in [5.41, 5.74) is 1.40. The zero-order valence-electron chi connectivity index (χ0n) is 12.1. The number of carbonyl (C=O) groups excluding carboxylic acids is 1. The van der Waals surface area contributed by atoms with Crippen molar-refractivity contribution in [2.45, 2.75) is 32.2 Å². The van der Waals surface area contributed by atoms with Crippen LogP contribution in [0.3, 0.4) is 0 Å². The molecule has 3 rings (SSSR count). The Labute approximate surface area is 121 Å². The molecule has 0 aromatic heterocycles. The molecule has 2 aliphatic rings. The number of nitrogens with zero attached hydrogens (tertiary/aromatic N) is 2. The highest BCUT2D eigenvalue weighted by atomic mass is 16.2. The normalized spacial score (nSPS) is 21.6. The third kappa shape index (κ3) is 3.40. The molecule has 0 N–H and O–H groups in total. The van der Waals surface area contributed by atoms with Gasteiger partial charge in [-0.1, -0.05) is 30.3 Å². The number of carbonyl (C=O) groups is 1. The second-order valence-electron chi connectivity index (χ2n) is 6.15. The summed E-state index contributed by atoms with van der Waals surface area (Å²) in [6.45, 7) is 5.39. The average Bonchev–Trinajstić information content (AvgIpc) is 2.88. The summed E-state index contributed by atoms with van der Waals surface area (Å²) in [7, 11) is 0. The van der Waals surface area contributed by atoms with Crippen LogP contribution in [-0.2, 0) is 11.3 Å². The molecule has 20 heavy (non-hydrogen) atoms. The first-order valence-corrected chi connectivity index (χ1v) is 7.85. The molecule has 0 unspecified atom stereocenters. The largest absolute Gasteiger partial charge is 0.342 e. The maximum Gasteiger partial charge on any atom is 0.222 e. The first-order chi connectivity index (χ1) is 9.81. The van der Waals surface area contributed by atoms with E-state index in [1.807, 2.05) is 0 Å². The summed E-state index contributed by atoms with van der Waals surface area (Å²) in [5.74, 6) is 1.08. The first kappa shape index (κ1) is 13.6. The van der Waals surface area contributed by atoms with Crippen LogP contribution in [0.4, 0.5) is 0 Å². The Morgan fingerprint density at radius 2 is 1.80 bits per heavy atom. The second kappa shape index (κ2) is 6.40. The van der Waals surface area contributed by atoms with Crippen LogP contribution in [0.2, 0.25) is 0 Å². The molecular formula is C17H24N2O. The number of rotatable bonds is 4. The topological polar surface area (TPSA) is 23.6 Å². The minimum atomic E-state index is 0.372. The van der Waals surface area contributed by atoms with Crippen LogP contribution in [0.5, 0.6) is 0 Å². The summed E-state index contributed by atoms with van der Waals surface area (Å²) in [6.07, 6.45) is 4.30. The summed E-state index contributed by atoms with van der Waals surface area (Å²) < 4.78 is 0. The van der Waals surface area contributed by atoms with Gasteiger partial charge in [0.05, 0.1) is 0 Å². The summed E-state index contributed by atoms with van der Waals surface area (Å²) in [6, 6.07) is 10.7. The van der Waals surface area contributed by atoms with E-state index in [-0.39, 0.29) is 0 Å². The summed E-state index contributed by atoms with van der Waals surface area (Å²) in [4.78, 5) is 16.3. The SMILES string of the molecule is O=C1CCCN1CC1CCN(Cc2ccccc2)CC1. The highest BCUT2D eigenvalue weighted by Gasteiger charge is 2.26. The van der Waals surface area contributed by atoms with E-state index in [4.69, 9.17) is 0 Å². The minimum Gasteiger partial charge on any atom is -0.342 e. The predicted molar refractivity (Wildman–Crippen MR) is 80.3 cm³/mol. The van der Waals surface area contributed by atoms with Gasteiger partial charge in [-0.3, -0.25) is 9.69 Å². The summed E-state index contributed by atoms with van der Waals surface area (Å²) >= 11 is 0. The van der Waals surface area contributed by atoms with Gasteiger partial charge >= 0.3 is 0 Å². The van der Waals surface area contributed by atoms with Crippen molar-refractivity contribution >= 4 is 5.91 Å². The summed E-state index contributed by atoms with van der Waals surface area (Å²) in [5, 5.41) is 0. The molecule has 108 valence electrons. The smallest absolute Gasteiger partial charge is 0.222 e. The standard InChI is InChI=1S/C17H24N2O/c20-17-7-4-10-19(17)14-16-8-11-18(12-9-16)13-15-5-2-1-3-6-15/h1-3,5-6,16H,4,7-14H2. The van der Waals surface area contributed by atoms with Crippen LogP contribution in [0, 0.1) is 5.92 Å².